The second-order valence-corrected chi connectivity index (χ2v) is 3.85. The molecule has 1 aliphatic carbocycles. The summed E-state index contributed by atoms with van der Waals surface area (Å²) in [5.41, 5.74) is 7.53. The van der Waals surface area contributed by atoms with Crippen molar-refractivity contribution in [3.8, 4) is 0 Å². The Kier molecular flexibility index (Phi) is 2.82. The number of halogens is 2. The summed E-state index contributed by atoms with van der Waals surface area (Å²) in [6.07, 6.45) is 5.09. The molecule has 0 amide bonds. The molecule has 0 aliphatic heterocycles. The van der Waals surface area contributed by atoms with Gasteiger partial charge in [0.25, 0.3) is 0 Å². The summed E-state index contributed by atoms with van der Waals surface area (Å²) >= 11 is 0. The quantitative estimate of drug-likeness (QED) is 0.744. The highest BCUT2D eigenvalue weighted by Gasteiger charge is 2.16. The van der Waals surface area contributed by atoms with E-state index in [0.717, 1.165) is 30.9 Å². The number of allylic oxidation sites excluding steroid dienone is 1. The van der Waals surface area contributed by atoms with E-state index in [9.17, 15) is 8.78 Å². The van der Waals surface area contributed by atoms with Crippen molar-refractivity contribution in [2.75, 3.05) is 0 Å². The van der Waals surface area contributed by atoms with Crippen LogP contribution in [0.5, 0.6) is 0 Å². The molecule has 1 aromatic rings. The van der Waals surface area contributed by atoms with E-state index in [0.29, 0.717) is 5.56 Å². The van der Waals surface area contributed by atoms with E-state index in [1.165, 1.54) is 12.1 Å². The van der Waals surface area contributed by atoms with Gasteiger partial charge in [-0.3, -0.25) is 0 Å². The fourth-order valence-electron chi connectivity index (χ4n) is 1.95. The maximum absolute atomic E-state index is 13.0. The third kappa shape index (κ3) is 2.23. The summed E-state index contributed by atoms with van der Waals surface area (Å²) < 4.78 is 25.9. The first kappa shape index (κ1) is 10.3. The average Bonchev–Trinajstić information content (AvgIpc) is 2.67. The molecule has 0 saturated carbocycles. The van der Waals surface area contributed by atoms with Gasteiger partial charge in [-0.25, -0.2) is 8.78 Å². The van der Waals surface area contributed by atoms with E-state index < -0.39 is 11.6 Å². The Morgan fingerprint density at radius 3 is 2.33 bits per heavy atom. The van der Waals surface area contributed by atoms with Gasteiger partial charge in [0.15, 0.2) is 0 Å². The van der Waals surface area contributed by atoms with Crippen molar-refractivity contribution >= 4 is 0 Å². The summed E-state index contributed by atoms with van der Waals surface area (Å²) in [4.78, 5) is 0. The molecule has 1 aliphatic rings. The van der Waals surface area contributed by atoms with Gasteiger partial charge < -0.3 is 5.73 Å². The Labute approximate surface area is 87.6 Å². The van der Waals surface area contributed by atoms with E-state index in [2.05, 4.69) is 6.08 Å². The molecular weight excluding hydrogens is 196 g/mol. The lowest BCUT2D eigenvalue weighted by Gasteiger charge is -2.13. The van der Waals surface area contributed by atoms with E-state index in [1.807, 2.05) is 0 Å². The van der Waals surface area contributed by atoms with Crippen LogP contribution in [0.15, 0.2) is 29.8 Å². The maximum atomic E-state index is 13.0. The topological polar surface area (TPSA) is 26.0 Å². The number of rotatable bonds is 2. The van der Waals surface area contributed by atoms with E-state index in [4.69, 9.17) is 5.73 Å². The molecule has 0 fully saturated rings. The van der Waals surface area contributed by atoms with Gasteiger partial charge in [-0.1, -0.05) is 11.6 Å². The van der Waals surface area contributed by atoms with E-state index in [1.54, 1.807) is 0 Å². The number of benzene rings is 1. The lowest BCUT2D eigenvalue weighted by Crippen LogP contribution is -2.12. The van der Waals surface area contributed by atoms with Gasteiger partial charge in [0, 0.05) is 6.07 Å². The fraction of sp³-hybridized carbons (Fsp3) is 0.333. The van der Waals surface area contributed by atoms with Crippen LogP contribution in [0, 0.1) is 11.6 Å². The van der Waals surface area contributed by atoms with Crippen LogP contribution in [-0.2, 0) is 0 Å². The lowest BCUT2D eigenvalue weighted by molar-refractivity contribution is 0.576. The molecule has 1 aromatic carbocycles. The van der Waals surface area contributed by atoms with Crippen molar-refractivity contribution in [2.24, 2.45) is 5.73 Å². The van der Waals surface area contributed by atoms with Gasteiger partial charge in [-0.2, -0.15) is 0 Å². The predicted molar refractivity (Wildman–Crippen MR) is 55.2 cm³/mol. The van der Waals surface area contributed by atoms with E-state index >= 15 is 0 Å². The first-order valence-corrected chi connectivity index (χ1v) is 5.07. The predicted octanol–water partition coefficient (Wildman–Crippen LogP) is 3.07. The van der Waals surface area contributed by atoms with E-state index in [-0.39, 0.29) is 6.04 Å². The molecule has 2 N–H and O–H groups in total. The Balaban J connectivity index is 2.28. The first-order valence-electron chi connectivity index (χ1n) is 5.07. The molecule has 0 saturated heterocycles. The second-order valence-electron chi connectivity index (χ2n) is 3.85. The van der Waals surface area contributed by atoms with Gasteiger partial charge >= 0.3 is 0 Å². The van der Waals surface area contributed by atoms with Crippen LogP contribution in [0.4, 0.5) is 8.78 Å². The van der Waals surface area contributed by atoms with Gasteiger partial charge in [0.05, 0.1) is 6.04 Å². The van der Waals surface area contributed by atoms with Crippen molar-refractivity contribution in [1.29, 1.82) is 0 Å². The van der Waals surface area contributed by atoms with Crippen LogP contribution in [0.25, 0.3) is 0 Å². The fourth-order valence-corrected chi connectivity index (χ4v) is 1.95. The summed E-state index contributed by atoms with van der Waals surface area (Å²) in [5, 5.41) is 0. The lowest BCUT2D eigenvalue weighted by atomic mass is 9.99. The van der Waals surface area contributed by atoms with Crippen LogP contribution >= 0.6 is 0 Å². The number of nitrogens with two attached hydrogens (primary N) is 1. The molecule has 0 aromatic heterocycles. The minimum Gasteiger partial charge on any atom is -0.321 e. The molecule has 0 bridgehead atoms. The summed E-state index contributed by atoms with van der Waals surface area (Å²) in [7, 11) is 0. The zero-order chi connectivity index (χ0) is 10.8. The van der Waals surface area contributed by atoms with Crippen LogP contribution in [-0.4, -0.2) is 0 Å². The highest BCUT2D eigenvalue weighted by atomic mass is 19.1. The molecule has 1 atom stereocenters. The minimum absolute atomic E-state index is 0.363. The van der Waals surface area contributed by atoms with Gasteiger partial charge in [0.1, 0.15) is 11.6 Å². The second kappa shape index (κ2) is 4.11. The smallest absolute Gasteiger partial charge is 0.126 e. The summed E-state index contributed by atoms with van der Waals surface area (Å²) in [6.45, 7) is 0. The highest BCUT2D eigenvalue weighted by molar-refractivity contribution is 5.30. The molecule has 1 unspecified atom stereocenters. The molecule has 0 spiro atoms. The van der Waals surface area contributed by atoms with Crippen LogP contribution in [0.2, 0.25) is 0 Å². The van der Waals surface area contributed by atoms with Crippen molar-refractivity contribution in [1.82, 2.24) is 0 Å². The molecule has 1 nitrogen and oxygen atoms in total. The molecule has 2 rings (SSSR count). The third-order valence-corrected chi connectivity index (χ3v) is 2.72. The van der Waals surface area contributed by atoms with Crippen LogP contribution in [0.1, 0.15) is 30.9 Å². The van der Waals surface area contributed by atoms with Crippen LogP contribution < -0.4 is 5.73 Å². The Hall–Kier alpha value is -1.22. The van der Waals surface area contributed by atoms with Crippen molar-refractivity contribution in [3.63, 3.8) is 0 Å². The molecular formula is C12H13F2N. The first-order chi connectivity index (χ1) is 7.16. The Morgan fingerprint density at radius 1 is 1.13 bits per heavy atom. The minimum atomic E-state index is -0.570. The zero-order valence-corrected chi connectivity index (χ0v) is 8.34. The van der Waals surface area contributed by atoms with Gasteiger partial charge in [0.2, 0.25) is 0 Å². The van der Waals surface area contributed by atoms with Crippen molar-refractivity contribution in [3.05, 3.63) is 47.0 Å². The Bertz CT molecular complexity index is 378. The highest BCUT2D eigenvalue weighted by Crippen LogP contribution is 2.29. The maximum Gasteiger partial charge on any atom is 0.126 e. The number of hydrogen-bond donors (Lipinski definition) is 1. The largest absolute Gasteiger partial charge is 0.321 e. The molecule has 3 heteroatoms. The normalized spacial score (nSPS) is 17.7. The molecule has 0 radical (unpaired) electrons. The third-order valence-electron chi connectivity index (χ3n) is 2.72. The summed E-state index contributed by atoms with van der Waals surface area (Å²) in [6, 6.07) is 3.09. The van der Waals surface area contributed by atoms with Gasteiger partial charge in [-0.15, -0.1) is 0 Å². The molecule has 80 valence electrons. The SMILES string of the molecule is NC(C1=CCCC1)c1cc(F)cc(F)c1. The average molecular weight is 209 g/mol. The van der Waals surface area contributed by atoms with Gasteiger partial charge in [-0.05, 0) is 37.0 Å². The Morgan fingerprint density at radius 2 is 1.80 bits per heavy atom. The molecule has 15 heavy (non-hydrogen) atoms. The van der Waals surface area contributed by atoms with Crippen LogP contribution in [0.3, 0.4) is 0 Å². The molecule has 0 heterocycles. The summed E-state index contributed by atoms with van der Waals surface area (Å²) in [5.74, 6) is -1.14. The van der Waals surface area contributed by atoms with Crippen molar-refractivity contribution < 1.29 is 8.78 Å². The van der Waals surface area contributed by atoms with Crippen molar-refractivity contribution in [2.45, 2.75) is 25.3 Å². The standard InChI is InChI=1S/C12H13F2N/c13-10-5-9(6-11(14)7-10)12(15)8-3-1-2-4-8/h3,5-7,12H,1-2,4,15H2. The zero-order valence-electron chi connectivity index (χ0n) is 8.34. The monoisotopic (exact) mass is 209 g/mol. The number of hydrogen-bond acceptors (Lipinski definition) is 1.